The normalized spacial score (nSPS) is 14.1. The number of hydrogen-bond acceptors (Lipinski definition) is 6. The third-order valence-corrected chi connectivity index (χ3v) is 6.18. The summed E-state index contributed by atoms with van der Waals surface area (Å²) in [5, 5.41) is 3.47. The first-order valence-electron chi connectivity index (χ1n) is 9.25. The molecule has 4 rings (SSSR count). The summed E-state index contributed by atoms with van der Waals surface area (Å²) in [6.45, 7) is 1.88. The van der Waals surface area contributed by atoms with Crippen molar-refractivity contribution < 1.29 is 9.18 Å². The highest BCUT2D eigenvalue weighted by Crippen LogP contribution is 2.34. The van der Waals surface area contributed by atoms with Crippen molar-refractivity contribution >= 4 is 49.5 Å². The summed E-state index contributed by atoms with van der Waals surface area (Å²) in [5.41, 5.74) is 7.96. The molecule has 1 amide bonds. The maximum atomic E-state index is 14.2. The Balaban J connectivity index is 1.60. The van der Waals surface area contributed by atoms with E-state index in [0.29, 0.717) is 16.3 Å². The van der Waals surface area contributed by atoms with Crippen LogP contribution in [0.5, 0.6) is 0 Å². The van der Waals surface area contributed by atoms with Crippen molar-refractivity contribution in [1.29, 1.82) is 0 Å². The lowest BCUT2D eigenvalue weighted by Gasteiger charge is -2.30. The fourth-order valence-corrected chi connectivity index (χ4v) is 4.55. The van der Waals surface area contributed by atoms with Gasteiger partial charge in [0.15, 0.2) is 5.69 Å². The van der Waals surface area contributed by atoms with Crippen LogP contribution in [0.25, 0.3) is 10.6 Å². The molecular weight excluding hydrogens is 457 g/mol. The highest BCUT2D eigenvalue weighted by atomic mass is 79.9. The lowest BCUT2D eigenvalue weighted by Crippen LogP contribution is -2.30. The number of benzene rings is 1. The molecule has 1 aliphatic rings. The lowest BCUT2D eigenvalue weighted by molar-refractivity contribution is 0.102. The van der Waals surface area contributed by atoms with Gasteiger partial charge in [-0.1, -0.05) is 27.3 Å². The van der Waals surface area contributed by atoms with Crippen LogP contribution in [-0.4, -0.2) is 29.0 Å². The van der Waals surface area contributed by atoms with Crippen molar-refractivity contribution in [2.45, 2.75) is 19.3 Å². The van der Waals surface area contributed by atoms with Gasteiger partial charge in [-0.2, -0.15) is 0 Å². The number of nitrogens with one attached hydrogen (secondary N) is 1. The second-order valence-corrected chi connectivity index (χ2v) is 8.70. The maximum Gasteiger partial charge on any atom is 0.277 e. The third-order valence-electron chi connectivity index (χ3n) is 4.77. The first kappa shape index (κ1) is 19.8. The molecule has 150 valence electrons. The summed E-state index contributed by atoms with van der Waals surface area (Å²) in [6.07, 6.45) is 6.80. The summed E-state index contributed by atoms with van der Waals surface area (Å²) < 4.78 is 14.9. The van der Waals surface area contributed by atoms with Gasteiger partial charge in [0, 0.05) is 29.3 Å². The van der Waals surface area contributed by atoms with E-state index in [1.54, 1.807) is 24.5 Å². The van der Waals surface area contributed by atoms with Crippen LogP contribution in [0.4, 0.5) is 20.8 Å². The summed E-state index contributed by atoms with van der Waals surface area (Å²) in [5.74, 6) is -0.861. The summed E-state index contributed by atoms with van der Waals surface area (Å²) in [6, 6.07) is 6.46. The van der Waals surface area contributed by atoms with Crippen molar-refractivity contribution in [2.24, 2.45) is 0 Å². The molecule has 0 radical (unpaired) electrons. The molecule has 0 spiro atoms. The van der Waals surface area contributed by atoms with Crippen LogP contribution in [0.15, 0.2) is 41.1 Å². The van der Waals surface area contributed by atoms with Gasteiger partial charge in [0.05, 0.1) is 17.6 Å². The number of piperidine rings is 1. The van der Waals surface area contributed by atoms with Gasteiger partial charge in [-0.3, -0.25) is 9.78 Å². The molecule has 29 heavy (non-hydrogen) atoms. The van der Waals surface area contributed by atoms with Crippen molar-refractivity contribution in [3.63, 3.8) is 0 Å². The number of halogens is 2. The summed E-state index contributed by atoms with van der Waals surface area (Å²) in [7, 11) is 0. The first-order chi connectivity index (χ1) is 14.0. The number of amides is 1. The number of nitrogens with zero attached hydrogens (tertiary/aromatic N) is 3. The molecule has 0 aliphatic carbocycles. The summed E-state index contributed by atoms with van der Waals surface area (Å²) >= 11 is 4.41. The molecule has 2 aromatic heterocycles. The smallest absolute Gasteiger partial charge is 0.277 e. The highest BCUT2D eigenvalue weighted by Gasteiger charge is 2.21. The number of carbonyl (C=O) groups excluding carboxylic acids is 1. The Labute approximate surface area is 180 Å². The Morgan fingerprint density at radius 3 is 2.83 bits per heavy atom. The Bertz CT molecular complexity index is 1050. The number of rotatable bonds is 4. The first-order valence-corrected chi connectivity index (χ1v) is 10.9. The number of pyridine rings is 1. The summed E-state index contributed by atoms with van der Waals surface area (Å²) in [4.78, 5) is 23.6. The van der Waals surface area contributed by atoms with Crippen molar-refractivity contribution in [3.8, 4) is 10.6 Å². The van der Waals surface area contributed by atoms with E-state index < -0.39 is 11.7 Å². The number of anilines is 3. The Morgan fingerprint density at radius 2 is 2.03 bits per heavy atom. The van der Waals surface area contributed by atoms with E-state index in [1.165, 1.54) is 12.5 Å². The van der Waals surface area contributed by atoms with Crippen LogP contribution in [0, 0.1) is 5.82 Å². The average molecular weight is 476 g/mol. The number of thiazole rings is 1. The quantitative estimate of drug-likeness (QED) is 0.558. The minimum Gasteiger partial charge on any atom is -0.389 e. The molecule has 3 N–H and O–H groups in total. The van der Waals surface area contributed by atoms with Crippen molar-refractivity contribution in [2.75, 3.05) is 29.0 Å². The molecule has 1 fully saturated rings. The number of nitrogen functional groups attached to an aromatic ring is 1. The van der Waals surface area contributed by atoms with E-state index in [1.807, 2.05) is 6.07 Å². The van der Waals surface area contributed by atoms with E-state index in [0.717, 1.165) is 47.4 Å². The molecule has 1 saturated heterocycles. The standard InChI is InChI=1S/C20H19BrFN5OS/c21-12-4-5-14(22)13(10-12)20-26-17(18(23)29-20)19(28)25-15-11-24-7-6-16(15)27-8-2-1-3-9-27/h4-7,10-11H,1-3,8-9,23H2,(H,25,28). The second-order valence-electron chi connectivity index (χ2n) is 6.75. The molecule has 1 aliphatic heterocycles. The van der Waals surface area contributed by atoms with E-state index in [-0.39, 0.29) is 10.7 Å². The molecule has 6 nitrogen and oxygen atoms in total. The molecule has 9 heteroatoms. The van der Waals surface area contributed by atoms with Gasteiger partial charge in [0.25, 0.3) is 5.91 Å². The monoisotopic (exact) mass is 475 g/mol. The zero-order valence-corrected chi connectivity index (χ0v) is 17.9. The Hall–Kier alpha value is -2.52. The molecule has 3 heterocycles. The second kappa shape index (κ2) is 8.46. The van der Waals surface area contributed by atoms with Gasteiger partial charge < -0.3 is 16.0 Å². The predicted molar refractivity (Wildman–Crippen MR) is 118 cm³/mol. The lowest BCUT2D eigenvalue weighted by atomic mass is 10.1. The third kappa shape index (κ3) is 4.25. The molecule has 0 unspecified atom stereocenters. The fraction of sp³-hybridized carbons (Fsp3) is 0.250. The minimum absolute atomic E-state index is 0.0813. The van der Waals surface area contributed by atoms with Gasteiger partial charge in [0.2, 0.25) is 0 Å². The zero-order chi connectivity index (χ0) is 20.4. The predicted octanol–water partition coefficient (Wildman–Crippen LogP) is 4.93. The van der Waals surface area contributed by atoms with E-state index >= 15 is 0 Å². The van der Waals surface area contributed by atoms with Gasteiger partial charge in [-0.15, -0.1) is 0 Å². The van der Waals surface area contributed by atoms with E-state index in [4.69, 9.17) is 5.73 Å². The van der Waals surface area contributed by atoms with Gasteiger partial charge >= 0.3 is 0 Å². The number of nitrogens with two attached hydrogens (primary N) is 1. The van der Waals surface area contributed by atoms with Crippen LogP contribution in [0.1, 0.15) is 29.8 Å². The Kier molecular flexibility index (Phi) is 5.77. The van der Waals surface area contributed by atoms with Crippen LogP contribution in [0.3, 0.4) is 0 Å². The SMILES string of the molecule is Nc1sc(-c2cc(Br)ccc2F)nc1C(=O)Nc1cnccc1N1CCCCC1. The van der Waals surface area contributed by atoms with Crippen LogP contribution >= 0.6 is 27.3 Å². The van der Waals surface area contributed by atoms with Crippen LogP contribution in [0.2, 0.25) is 0 Å². The van der Waals surface area contributed by atoms with Crippen molar-refractivity contribution in [3.05, 3.63) is 52.6 Å². The topological polar surface area (TPSA) is 84.1 Å². The molecule has 0 bridgehead atoms. The van der Waals surface area contributed by atoms with E-state index in [2.05, 4.69) is 36.1 Å². The van der Waals surface area contributed by atoms with E-state index in [9.17, 15) is 9.18 Å². The highest BCUT2D eigenvalue weighted by molar-refractivity contribution is 9.10. The number of carbonyl (C=O) groups is 1. The molecular formula is C20H19BrFN5OS. The molecule has 3 aromatic rings. The van der Waals surface area contributed by atoms with Crippen molar-refractivity contribution in [1.82, 2.24) is 9.97 Å². The average Bonchev–Trinajstić information content (AvgIpc) is 3.12. The molecule has 1 aromatic carbocycles. The van der Waals surface area contributed by atoms with Crippen LogP contribution in [-0.2, 0) is 0 Å². The Morgan fingerprint density at radius 1 is 1.24 bits per heavy atom. The largest absolute Gasteiger partial charge is 0.389 e. The number of hydrogen-bond donors (Lipinski definition) is 2. The maximum absolute atomic E-state index is 14.2. The van der Waals surface area contributed by atoms with Gasteiger partial charge in [0.1, 0.15) is 15.8 Å². The van der Waals surface area contributed by atoms with Gasteiger partial charge in [-0.25, -0.2) is 9.37 Å². The number of aromatic nitrogens is 2. The van der Waals surface area contributed by atoms with Crippen LogP contribution < -0.4 is 16.0 Å². The minimum atomic E-state index is -0.438. The molecule has 0 atom stereocenters. The molecule has 0 saturated carbocycles. The zero-order valence-electron chi connectivity index (χ0n) is 15.5. The fourth-order valence-electron chi connectivity index (χ4n) is 3.35. The van der Waals surface area contributed by atoms with Gasteiger partial charge in [-0.05, 0) is 43.5 Å².